The van der Waals surface area contributed by atoms with Crippen molar-refractivity contribution in [2.45, 2.75) is 26.2 Å². The van der Waals surface area contributed by atoms with Gasteiger partial charge in [-0.05, 0) is 36.1 Å². The van der Waals surface area contributed by atoms with Crippen LogP contribution in [-0.4, -0.2) is 32.4 Å². The van der Waals surface area contributed by atoms with Crippen molar-refractivity contribution in [2.24, 2.45) is 5.73 Å². The second kappa shape index (κ2) is 10.2. The van der Waals surface area contributed by atoms with E-state index in [1.807, 2.05) is 26.0 Å². The van der Waals surface area contributed by atoms with Crippen molar-refractivity contribution >= 4 is 19.6 Å². The lowest BCUT2D eigenvalue weighted by Gasteiger charge is -2.12. The van der Waals surface area contributed by atoms with Crippen LogP contribution in [-0.2, 0) is 18.6 Å². The third kappa shape index (κ3) is 6.83. The van der Waals surface area contributed by atoms with Crippen LogP contribution < -0.4 is 5.73 Å². The Morgan fingerprint density at radius 1 is 1.19 bits per heavy atom. The van der Waals surface area contributed by atoms with Crippen molar-refractivity contribution < 1.29 is 18.6 Å². The molecular formula is C14H22ClNO4P+. The summed E-state index contributed by atoms with van der Waals surface area (Å²) in [5, 5.41) is 0.655. The molecule has 118 valence electrons. The first kappa shape index (κ1) is 18.5. The first-order valence-corrected chi connectivity index (χ1v) is 8.64. The minimum absolute atomic E-state index is 0.0604. The van der Waals surface area contributed by atoms with Gasteiger partial charge >= 0.3 is 14.5 Å². The van der Waals surface area contributed by atoms with E-state index in [0.717, 1.165) is 5.56 Å². The van der Waals surface area contributed by atoms with Gasteiger partial charge < -0.3 is 15.2 Å². The van der Waals surface area contributed by atoms with Gasteiger partial charge in [0.1, 0.15) is 0 Å². The normalized spacial score (nSPS) is 13.5. The molecule has 2 atom stereocenters. The summed E-state index contributed by atoms with van der Waals surface area (Å²) in [6.45, 7) is 3.96. The maximum absolute atomic E-state index is 12.1. The van der Waals surface area contributed by atoms with Crippen molar-refractivity contribution in [3.05, 3.63) is 34.9 Å². The van der Waals surface area contributed by atoms with Gasteiger partial charge in [0.2, 0.25) is 0 Å². The van der Waals surface area contributed by atoms with E-state index in [0.29, 0.717) is 30.9 Å². The van der Waals surface area contributed by atoms with Gasteiger partial charge in [-0.1, -0.05) is 28.3 Å². The van der Waals surface area contributed by atoms with Crippen LogP contribution in [0.3, 0.4) is 0 Å². The van der Waals surface area contributed by atoms with E-state index in [1.54, 1.807) is 12.1 Å². The topological polar surface area (TPSA) is 70.8 Å². The van der Waals surface area contributed by atoms with Crippen LogP contribution in [0, 0.1) is 0 Å². The summed E-state index contributed by atoms with van der Waals surface area (Å²) in [4.78, 5) is 0. The van der Waals surface area contributed by atoms with Gasteiger partial charge in [0.05, 0.1) is 0 Å². The lowest BCUT2D eigenvalue weighted by Crippen LogP contribution is -2.20. The third-order valence-electron chi connectivity index (χ3n) is 2.80. The molecule has 0 aliphatic carbocycles. The highest BCUT2D eigenvalue weighted by molar-refractivity contribution is 7.39. The first-order chi connectivity index (χ1) is 10.1. The number of halogens is 1. The minimum atomic E-state index is -1.93. The minimum Gasteiger partial charge on any atom is -0.330 e. The van der Waals surface area contributed by atoms with Crippen LogP contribution in [0.1, 0.15) is 25.3 Å². The number of hydrogen-bond donors (Lipinski definition) is 1. The third-order valence-corrected chi connectivity index (χ3v) is 4.20. The fraction of sp³-hybridized carbons (Fsp3) is 0.571. The van der Waals surface area contributed by atoms with Crippen LogP contribution in [0.5, 0.6) is 0 Å². The summed E-state index contributed by atoms with van der Waals surface area (Å²) in [7, 11) is -1.93. The lowest BCUT2D eigenvalue weighted by atomic mass is 10.0. The van der Waals surface area contributed by atoms with E-state index in [-0.39, 0.29) is 5.92 Å². The molecule has 0 saturated heterocycles. The quantitative estimate of drug-likeness (QED) is 0.524. The van der Waals surface area contributed by atoms with Crippen LogP contribution in [0.15, 0.2) is 24.3 Å². The summed E-state index contributed by atoms with van der Waals surface area (Å²) in [5.41, 5.74) is 6.74. The SMILES string of the molecule is CCOC(OCC)O[P+](=O)CC(CN)c1ccc(Cl)cc1. The molecule has 0 fully saturated rings. The maximum Gasteiger partial charge on any atom is 0.514 e. The zero-order valence-electron chi connectivity index (χ0n) is 12.3. The van der Waals surface area contributed by atoms with Crippen LogP contribution >= 0.6 is 19.6 Å². The average Bonchev–Trinajstić information content (AvgIpc) is 2.46. The number of hydrogen-bond acceptors (Lipinski definition) is 5. The summed E-state index contributed by atoms with van der Waals surface area (Å²) in [6, 6.07) is 7.34. The molecule has 2 N–H and O–H groups in total. The molecule has 1 aromatic carbocycles. The molecule has 7 heteroatoms. The largest absolute Gasteiger partial charge is 0.514 e. The molecule has 1 rings (SSSR count). The van der Waals surface area contributed by atoms with Gasteiger partial charge in [0.25, 0.3) is 0 Å². The van der Waals surface area contributed by atoms with Crippen molar-refractivity contribution in [3.8, 4) is 0 Å². The van der Waals surface area contributed by atoms with Crippen LogP contribution in [0.25, 0.3) is 0 Å². The standard InChI is InChI=1S/C14H22ClNO4P/c1-3-18-14(19-4-2)20-21(17)10-12(9-16)11-5-7-13(15)8-6-11/h5-8,12,14H,3-4,9-10,16H2,1-2H3/q+1. The van der Waals surface area contributed by atoms with E-state index in [2.05, 4.69) is 0 Å². The zero-order valence-corrected chi connectivity index (χ0v) is 14.0. The van der Waals surface area contributed by atoms with E-state index >= 15 is 0 Å². The highest BCUT2D eigenvalue weighted by atomic mass is 35.5. The Bertz CT molecular complexity index is 423. The van der Waals surface area contributed by atoms with Gasteiger partial charge in [0, 0.05) is 30.7 Å². The summed E-state index contributed by atoms with van der Waals surface area (Å²) < 4.78 is 27.8. The van der Waals surface area contributed by atoms with Gasteiger partial charge in [-0.3, -0.25) is 0 Å². The molecule has 0 aromatic heterocycles. The predicted molar refractivity (Wildman–Crippen MR) is 83.8 cm³/mol. The molecule has 21 heavy (non-hydrogen) atoms. The molecule has 0 bridgehead atoms. The van der Waals surface area contributed by atoms with E-state index in [1.165, 1.54) is 0 Å². The Morgan fingerprint density at radius 3 is 2.24 bits per heavy atom. The summed E-state index contributed by atoms with van der Waals surface area (Å²) in [5.74, 6) is -0.0604. The van der Waals surface area contributed by atoms with Gasteiger partial charge in [-0.25, -0.2) is 0 Å². The van der Waals surface area contributed by atoms with Crippen molar-refractivity contribution in [2.75, 3.05) is 25.9 Å². The van der Waals surface area contributed by atoms with E-state index in [4.69, 9.17) is 31.3 Å². The fourth-order valence-corrected chi connectivity index (χ4v) is 3.00. The van der Waals surface area contributed by atoms with Crippen molar-refractivity contribution in [1.82, 2.24) is 0 Å². The second-order valence-corrected chi connectivity index (χ2v) is 5.98. The highest BCUT2D eigenvalue weighted by Crippen LogP contribution is 2.32. The number of rotatable bonds is 10. The molecule has 0 aliphatic rings. The predicted octanol–water partition coefficient (Wildman–Crippen LogP) is 3.50. The zero-order chi connectivity index (χ0) is 15.7. The first-order valence-electron chi connectivity index (χ1n) is 6.90. The van der Waals surface area contributed by atoms with Crippen molar-refractivity contribution in [1.29, 1.82) is 0 Å². The molecule has 0 heterocycles. The Morgan fingerprint density at radius 2 is 1.76 bits per heavy atom. The summed E-state index contributed by atoms with van der Waals surface area (Å²) in [6.07, 6.45) is 0.310. The highest BCUT2D eigenvalue weighted by Gasteiger charge is 2.30. The maximum atomic E-state index is 12.1. The lowest BCUT2D eigenvalue weighted by molar-refractivity contribution is -0.240. The summed E-state index contributed by atoms with van der Waals surface area (Å²) >= 11 is 5.86. The van der Waals surface area contributed by atoms with Gasteiger partial charge in [-0.15, -0.1) is 0 Å². The molecule has 5 nitrogen and oxygen atoms in total. The number of benzene rings is 1. The average molecular weight is 335 g/mol. The Kier molecular flexibility index (Phi) is 9.00. The molecule has 2 unspecified atom stereocenters. The Labute approximate surface area is 131 Å². The number of ether oxygens (including phenoxy) is 2. The van der Waals surface area contributed by atoms with Crippen molar-refractivity contribution in [3.63, 3.8) is 0 Å². The van der Waals surface area contributed by atoms with Crippen LogP contribution in [0.2, 0.25) is 5.02 Å². The Balaban J connectivity index is 2.59. The second-order valence-electron chi connectivity index (χ2n) is 4.30. The molecular weight excluding hydrogens is 313 g/mol. The molecule has 0 saturated carbocycles. The van der Waals surface area contributed by atoms with E-state index < -0.39 is 14.5 Å². The van der Waals surface area contributed by atoms with Gasteiger partial charge in [-0.2, -0.15) is 0 Å². The molecule has 0 radical (unpaired) electrons. The Hall–Kier alpha value is -0.550. The monoisotopic (exact) mass is 334 g/mol. The molecule has 1 aromatic rings. The number of nitrogens with two attached hydrogens (primary N) is 1. The van der Waals surface area contributed by atoms with E-state index in [9.17, 15) is 4.57 Å². The van der Waals surface area contributed by atoms with Gasteiger partial charge in [0.15, 0.2) is 6.16 Å². The van der Waals surface area contributed by atoms with Crippen LogP contribution in [0.4, 0.5) is 0 Å². The molecule has 0 spiro atoms. The fourth-order valence-electron chi connectivity index (χ4n) is 1.75. The molecule has 0 aliphatic heterocycles. The molecule has 0 amide bonds. The smallest absolute Gasteiger partial charge is 0.330 e.